The molecule has 2 aromatic rings. The highest BCUT2D eigenvalue weighted by Crippen LogP contribution is 2.29. The molecule has 1 aliphatic rings. The lowest BCUT2D eigenvalue weighted by Crippen LogP contribution is -2.30. The van der Waals surface area contributed by atoms with Crippen LogP contribution in [0.1, 0.15) is 5.56 Å². The van der Waals surface area contributed by atoms with Crippen LogP contribution in [0.3, 0.4) is 0 Å². The van der Waals surface area contributed by atoms with Gasteiger partial charge in [0.15, 0.2) is 5.82 Å². The van der Waals surface area contributed by atoms with Crippen LogP contribution in [0.25, 0.3) is 0 Å². The molecule has 0 bridgehead atoms. The molecule has 0 aliphatic carbocycles. The fourth-order valence-corrected chi connectivity index (χ4v) is 2.61. The van der Waals surface area contributed by atoms with Gasteiger partial charge in [0.1, 0.15) is 10.8 Å². The van der Waals surface area contributed by atoms with Crippen LogP contribution in [0.4, 0.5) is 11.6 Å². The van der Waals surface area contributed by atoms with E-state index in [0.717, 1.165) is 24.5 Å². The summed E-state index contributed by atoms with van der Waals surface area (Å²) in [5.74, 6) is 1.69. The zero-order valence-corrected chi connectivity index (χ0v) is 12.7. The number of rotatable bonds is 2. The van der Waals surface area contributed by atoms with Gasteiger partial charge in [-0.25, -0.2) is 9.97 Å². The van der Waals surface area contributed by atoms with Crippen molar-refractivity contribution >= 4 is 23.2 Å². The minimum absolute atomic E-state index is 0.318. The van der Waals surface area contributed by atoms with E-state index in [0.29, 0.717) is 23.4 Å². The van der Waals surface area contributed by atoms with Crippen molar-refractivity contribution < 1.29 is 4.74 Å². The highest BCUT2D eigenvalue weighted by molar-refractivity contribution is 6.32. The minimum atomic E-state index is 0.318. The Kier molecular flexibility index (Phi) is 3.79. The summed E-state index contributed by atoms with van der Waals surface area (Å²) in [6.45, 7) is 2.34. The molecule has 3 heterocycles. The average Bonchev–Trinajstić information content (AvgIpc) is 2.68. The third-order valence-corrected chi connectivity index (χ3v) is 3.75. The molecule has 0 spiro atoms. The van der Waals surface area contributed by atoms with E-state index in [1.54, 1.807) is 13.3 Å². The minimum Gasteiger partial charge on any atom is -0.467 e. The van der Waals surface area contributed by atoms with E-state index in [1.807, 2.05) is 19.3 Å². The van der Waals surface area contributed by atoms with Crippen molar-refractivity contribution in [2.75, 3.05) is 37.0 Å². The molecule has 110 valence electrons. The van der Waals surface area contributed by atoms with Gasteiger partial charge in [-0.2, -0.15) is 4.98 Å². The van der Waals surface area contributed by atoms with Gasteiger partial charge in [-0.15, -0.1) is 0 Å². The molecule has 0 radical (unpaired) electrons. The molecule has 0 aromatic carbocycles. The summed E-state index contributed by atoms with van der Waals surface area (Å²) in [7, 11) is 3.58. The molecule has 0 saturated heterocycles. The van der Waals surface area contributed by atoms with Crippen LogP contribution >= 0.6 is 11.6 Å². The van der Waals surface area contributed by atoms with Crippen LogP contribution in [0.5, 0.6) is 6.01 Å². The van der Waals surface area contributed by atoms with Crippen LogP contribution in [0, 0.1) is 0 Å². The van der Waals surface area contributed by atoms with Gasteiger partial charge < -0.3 is 14.5 Å². The maximum absolute atomic E-state index is 6.25. The van der Waals surface area contributed by atoms with Crippen molar-refractivity contribution in [1.82, 2.24) is 15.0 Å². The number of likely N-dealkylation sites (N-methyl/N-ethyl adjacent to an activating group) is 1. The van der Waals surface area contributed by atoms with Gasteiger partial charge in [-0.1, -0.05) is 17.7 Å². The summed E-state index contributed by atoms with van der Waals surface area (Å²) in [5, 5.41) is 0.519. The average molecular weight is 306 g/mol. The first-order chi connectivity index (χ1) is 10.2. The van der Waals surface area contributed by atoms with Gasteiger partial charge in [-0.3, -0.25) is 0 Å². The van der Waals surface area contributed by atoms with Crippen molar-refractivity contribution in [2.45, 2.75) is 6.54 Å². The lowest BCUT2D eigenvalue weighted by atomic mass is 10.2. The molecular weight excluding hydrogens is 290 g/mol. The maximum atomic E-state index is 6.25. The number of hydrogen-bond acceptors (Lipinski definition) is 6. The van der Waals surface area contributed by atoms with Gasteiger partial charge in [0.05, 0.1) is 13.3 Å². The maximum Gasteiger partial charge on any atom is 0.318 e. The first kappa shape index (κ1) is 13.9. The normalized spacial score (nSPS) is 14.6. The van der Waals surface area contributed by atoms with Crippen molar-refractivity contribution in [1.29, 1.82) is 0 Å². The Morgan fingerprint density at radius 2 is 2.10 bits per heavy atom. The molecule has 0 amide bonds. The molecular formula is C14H16ClN5O. The zero-order valence-electron chi connectivity index (χ0n) is 12.0. The van der Waals surface area contributed by atoms with Gasteiger partial charge in [0.2, 0.25) is 0 Å². The summed E-state index contributed by atoms with van der Waals surface area (Å²) in [5.41, 5.74) is 1.14. The number of pyridine rings is 1. The van der Waals surface area contributed by atoms with Crippen molar-refractivity contribution in [3.05, 3.63) is 35.1 Å². The van der Waals surface area contributed by atoms with Crippen LogP contribution in [-0.4, -0.2) is 42.2 Å². The molecule has 0 saturated carbocycles. The largest absolute Gasteiger partial charge is 0.467 e. The summed E-state index contributed by atoms with van der Waals surface area (Å²) < 4.78 is 5.09. The number of aromatic nitrogens is 3. The Morgan fingerprint density at radius 1 is 1.24 bits per heavy atom. The molecule has 3 rings (SSSR count). The fraction of sp³-hybridized carbons (Fsp3) is 0.357. The van der Waals surface area contributed by atoms with Crippen LogP contribution < -0.4 is 14.5 Å². The zero-order chi connectivity index (χ0) is 14.8. The standard InChI is InChI=1S/C14H16ClN5O/c1-19-6-7-20(9-10-4-3-5-16-12(10)19)13-11(15)8-17-14(18-13)21-2/h3-5,8H,6-7,9H2,1-2H3. The number of methoxy groups -OCH3 is 1. The van der Waals surface area contributed by atoms with E-state index < -0.39 is 0 Å². The van der Waals surface area contributed by atoms with E-state index in [4.69, 9.17) is 16.3 Å². The van der Waals surface area contributed by atoms with Gasteiger partial charge in [-0.05, 0) is 6.07 Å². The highest BCUT2D eigenvalue weighted by Gasteiger charge is 2.21. The fourth-order valence-electron chi connectivity index (χ4n) is 2.40. The van der Waals surface area contributed by atoms with Gasteiger partial charge >= 0.3 is 6.01 Å². The molecule has 0 fully saturated rings. The predicted octanol–water partition coefficient (Wildman–Crippen LogP) is 1.99. The molecule has 0 atom stereocenters. The smallest absolute Gasteiger partial charge is 0.318 e. The molecule has 6 nitrogen and oxygen atoms in total. The summed E-state index contributed by atoms with van der Waals surface area (Å²) in [6, 6.07) is 4.33. The van der Waals surface area contributed by atoms with Crippen molar-refractivity contribution in [3.63, 3.8) is 0 Å². The lowest BCUT2D eigenvalue weighted by Gasteiger charge is -2.22. The Bertz CT molecular complexity index is 651. The quantitative estimate of drug-likeness (QED) is 0.846. The SMILES string of the molecule is COc1ncc(Cl)c(N2CCN(C)c3ncccc3C2)n1. The van der Waals surface area contributed by atoms with Gasteiger partial charge in [0.25, 0.3) is 0 Å². The van der Waals surface area contributed by atoms with E-state index in [-0.39, 0.29) is 0 Å². The molecule has 0 unspecified atom stereocenters. The Hall–Kier alpha value is -2.08. The Labute approximate surface area is 128 Å². The number of fused-ring (bicyclic) bond motifs is 1. The van der Waals surface area contributed by atoms with Crippen molar-refractivity contribution in [3.8, 4) is 6.01 Å². The number of halogens is 1. The molecule has 7 heteroatoms. The van der Waals surface area contributed by atoms with Crippen LogP contribution in [0.2, 0.25) is 5.02 Å². The lowest BCUT2D eigenvalue weighted by molar-refractivity contribution is 0.379. The monoisotopic (exact) mass is 305 g/mol. The highest BCUT2D eigenvalue weighted by atomic mass is 35.5. The topological polar surface area (TPSA) is 54.4 Å². The van der Waals surface area contributed by atoms with Crippen molar-refractivity contribution in [2.24, 2.45) is 0 Å². The second-order valence-electron chi connectivity index (χ2n) is 4.86. The summed E-state index contributed by atoms with van der Waals surface area (Å²) in [4.78, 5) is 17.1. The Morgan fingerprint density at radius 3 is 2.90 bits per heavy atom. The first-order valence-electron chi connectivity index (χ1n) is 6.65. The first-order valence-corrected chi connectivity index (χ1v) is 7.03. The number of nitrogens with zero attached hydrogens (tertiary/aromatic N) is 5. The van der Waals surface area contributed by atoms with E-state index in [2.05, 4.69) is 30.8 Å². The van der Waals surface area contributed by atoms with E-state index >= 15 is 0 Å². The van der Waals surface area contributed by atoms with E-state index in [9.17, 15) is 0 Å². The van der Waals surface area contributed by atoms with Crippen LogP contribution in [-0.2, 0) is 6.54 Å². The molecule has 0 N–H and O–H groups in total. The number of anilines is 2. The number of ether oxygens (including phenoxy) is 1. The summed E-state index contributed by atoms with van der Waals surface area (Å²) >= 11 is 6.25. The predicted molar refractivity (Wildman–Crippen MR) is 82.2 cm³/mol. The Balaban J connectivity index is 1.98. The third-order valence-electron chi connectivity index (χ3n) is 3.48. The second-order valence-corrected chi connectivity index (χ2v) is 5.26. The molecule has 2 aromatic heterocycles. The molecule has 21 heavy (non-hydrogen) atoms. The van der Waals surface area contributed by atoms with Crippen LogP contribution in [0.15, 0.2) is 24.5 Å². The van der Waals surface area contributed by atoms with E-state index in [1.165, 1.54) is 0 Å². The molecule has 1 aliphatic heterocycles. The van der Waals surface area contributed by atoms with Gasteiger partial charge in [0, 0.05) is 38.4 Å². The second kappa shape index (κ2) is 5.73. The summed E-state index contributed by atoms with van der Waals surface area (Å²) in [6.07, 6.45) is 3.38. The third kappa shape index (κ3) is 2.71. The number of hydrogen-bond donors (Lipinski definition) is 0.